The first kappa shape index (κ1) is 10.2. The number of hydrogen-bond acceptors (Lipinski definition) is 1. The van der Waals surface area contributed by atoms with Crippen LogP contribution in [-0.4, -0.2) is 15.9 Å². The molecule has 0 bridgehead atoms. The molecule has 70 valence electrons. The molecule has 4 heteroatoms. The lowest BCUT2D eigenvalue weighted by Gasteiger charge is -2.00. The van der Waals surface area contributed by atoms with Crippen molar-refractivity contribution in [2.45, 2.75) is 18.3 Å². The van der Waals surface area contributed by atoms with Crippen LogP contribution in [0.2, 0.25) is 0 Å². The number of halogens is 1. The van der Waals surface area contributed by atoms with E-state index in [1.165, 1.54) is 0 Å². The number of nitrogens with zero attached hydrogens (tertiary/aromatic N) is 1. The van der Waals surface area contributed by atoms with Gasteiger partial charge in [-0.1, -0.05) is 15.9 Å². The van der Waals surface area contributed by atoms with E-state index in [4.69, 9.17) is 5.11 Å². The molecule has 1 atom stereocenters. The number of aromatic nitrogens is 1. The van der Waals surface area contributed by atoms with Crippen LogP contribution in [0.5, 0.6) is 0 Å². The molecule has 0 spiro atoms. The highest BCUT2D eigenvalue weighted by atomic mass is 79.9. The van der Waals surface area contributed by atoms with E-state index in [2.05, 4.69) is 15.9 Å². The Kier molecular flexibility index (Phi) is 3.42. The summed E-state index contributed by atoms with van der Waals surface area (Å²) in [5.41, 5.74) is 1.12. The van der Waals surface area contributed by atoms with Gasteiger partial charge in [-0.05, 0) is 13.0 Å². The number of pyridine rings is 1. The average Bonchev–Trinajstić information content (AvgIpc) is 2.04. The van der Waals surface area contributed by atoms with Crippen LogP contribution in [0.15, 0.2) is 24.5 Å². The molecule has 13 heavy (non-hydrogen) atoms. The molecule has 0 saturated carbocycles. The van der Waals surface area contributed by atoms with Crippen molar-refractivity contribution >= 4 is 21.9 Å². The number of rotatable bonds is 3. The number of hydrogen-bond donors (Lipinski definition) is 1. The lowest BCUT2D eigenvalue weighted by molar-refractivity contribution is -0.694. The Balaban J connectivity index is 2.69. The zero-order chi connectivity index (χ0) is 9.84. The second-order valence-electron chi connectivity index (χ2n) is 2.88. The van der Waals surface area contributed by atoms with Gasteiger partial charge in [0.1, 0.15) is 0 Å². The van der Waals surface area contributed by atoms with Crippen molar-refractivity contribution in [3.8, 4) is 0 Å². The Morgan fingerprint density at radius 1 is 1.77 bits per heavy atom. The van der Waals surface area contributed by atoms with Crippen LogP contribution >= 0.6 is 15.9 Å². The minimum absolute atomic E-state index is 0.441. The van der Waals surface area contributed by atoms with Gasteiger partial charge in [-0.15, -0.1) is 0 Å². The highest BCUT2D eigenvalue weighted by molar-refractivity contribution is 9.10. The van der Waals surface area contributed by atoms with Crippen molar-refractivity contribution in [2.75, 3.05) is 0 Å². The minimum atomic E-state index is -0.839. The standard InChI is InChI=1S/C9H10BrNO2/c1-7-3-2-4-11(5-7)6-8(10)9(12)13/h2-5,8H,6H2,1H3/p+1. The topological polar surface area (TPSA) is 41.2 Å². The van der Waals surface area contributed by atoms with Crippen LogP contribution in [0.25, 0.3) is 0 Å². The Morgan fingerprint density at radius 3 is 3.00 bits per heavy atom. The van der Waals surface area contributed by atoms with Gasteiger partial charge in [0, 0.05) is 11.6 Å². The summed E-state index contributed by atoms with van der Waals surface area (Å²) in [7, 11) is 0. The largest absolute Gasteiger partial charge is 0.480 e. The van der Waals surface area contributed by atoms with E-state index in [1.54, 1.807) is 0 Å². The van der Waals surface area contributed by atoms with E-state index in [9.17, 15) is 4.79 Å². The number of aliphatic carboxylic acids is 1. The van der Waals surface area contributed by atoms with Gasteiger partial charge in [0.15, 0.2) is 23.8 Å². The fraction of sp³-hybridized carbons (Fsp3) is 0.333. The summed E-state index contributed by atoms with van der Waals surface area (Å²) in [6.45, 7) is 2.41. The van der Waals surface area contributed by atoms with E-state index < -0.39 is 10.8 Å². The molecular formula is C9H11BrNO2+. The van der Waals surface area contributed by atoms with E-state index in [-0.39, 0.29) is 0 Å². The summed E-state index contributed by atoms with van der Waals surface area (Å²) in [6, 6.07) is 3.87. The molecular weight excluding hydrogens is 234 g/mol. The number of aryl methyl sites for hydroxylation is 1. The normalized spacial score (nSPS) is 12.5. The maximum absolute atomic E-state index is 10.5. The summed E-state index contributed by atoms with van der Waals surface area (Å²) in [5, 5.41) is 8.65. The maximum Gasteiger partial charge on any atom is 0.323 e. The van der Waals surface area contributed by atoms with Crippen LogP contribution in [0.1, 0.15) is 5.56 Å². The smallest absolute Gasteiger partial charge is 0.323 e. The Bertz CT molecular complexity index is 314. The number of alkyl halides is 1. The van der Waals surface area contributed by atoms with Crippen molar-refractivity contribution in [1.82, 2.24) is 0 Å². The molecule has 0 aliphatic carbocycles. The third-order valence-corrected chi connectivity index (χ3v) is 2.33. The fourth-order valence-electron chi connectivity index (χ4n) is 1.03. The van der Waals surface area contributed by atoms with Crippen LogP contribution in [0, 0.1) is 6.92 Å². The Hall–Kier alpha value is -0.900. The molecule has 0 aliphatic rings. The fourth-order valence-corrected chi connectivity index (χ4v) is 1.36. The molecule has 1 aromatic rings. The molecule has 0 saturated heterocycles. The van der Waals surface area contributed by atoms with Crippen LogP contribution in [0.3, 0.4) is 0 Å². The number of carboxylic acid groups (broad SMARTS) is 1. The lowest BCUT2D eigenvalue weighted by Crippen LogP contribution is -2.40. The molecule has 0 aliphatic heterocycles. The summed E-state index contributed by atoms with van der Waals surface area (Å²) in [6.07, 6.45) is 3.77. The minimum Gasteiger partial charge on any atom is -0.480 e. The first-order valence-electron chi connectivity index (χ1n) is 3.92. The summed E-state index contributed by atoms with van der Waals surface area (Å²) >= 11 is 3.08. The zero-order valence-electron chi connectivity index (χ0n) is 7.27. The number of carbonyl (C=O) groups is 1. The van der Waals surface area contributed by atoms with Crippen molar-refractivity contribution in [2.24, 2.45) is 0 Å². The highest BCUT2D eigenvalue weighted by Crippen LogP contribution is 1.99. The molecule has 0 fully saturated rings. The van der Waals surface area contributed by atoms with Gasteiger partial charge in [0.2, 0.25) is 0 Å². The van der Waals surface area contributed by atoms with Gasteiger partial charge in [-0.2, -0.15) is 0 Å². The van der Waals surface area contributed by atoms with E-state index >= 15 is 0 Å². The quantitative estimate of drug-likeness (QED) is 0.640. The predicted octanol–water partition coefficient (Wildman–Crippen LogP) is 1.13. The third-order valence-electron chi connectivity index (χ3n) is 1.65. The molecule has 1 N–H and O–H groups in total. The van der Waals surface area contributed by atoms with Crippen LogP contribution in [0.4, 0.5) is 0 Å². The molecule has 1 unspecified atom stereocenters. The monoisotopic (exact) mass is 244 g/mol. The van der Waals surface area contributed by atoms with Gasteiger partial charge >= 0.3 is 5.97 Å². The summed E-state index contributed by atoms with van der Waals surface area (Å²) in [5.74, 6) is -0.839. The third kappa shape index (κ3) is 3.14. The number of carboxylic acids is 1. The zero-order valence-corrected chi connectivity index (χ0v) is 8.86. The van der Waals surface area contributed by atoms with Crippen LogP contribution in [-0.2, 0) is 11.3 Å². The molecule has 3 nitrogen and oxygen atoms in total. The van der Waals surface area contributed by atoms with E-state index in [0.717, 1.165) is 5.56 Å². The Labute approximate surface area is 85.1 Å². The average molecular weight is 245 g/mol. The van der Waals surface area contributed by atoms with Gasteiger partial charge in [0.05, 0.1) is 0 Å². The first-order chi connectivity index (χ1) is 6.09. The summed E-state index contributed by atoms with van der Waals surface area (Å²) < 4.78 is 1.85. The second kappa shape index (κ2) is 4.37. The van der Waals surface area contributed by atoms with Crippen molar-refractivity contribution < 1.29 is 14.5 Å². The molecule has 1 heterocycles. The van der Waals surface area contributed by atoms with Crippen molar-refractivity contribution in [3.05, 3.63) is 30.1 Å². The maximum atomic E-state index is 10.5. The van der Waals surface area contributed by atoms with Crippen LogP contribution < -0.4 is 4.57 Å². The lowest BCUT2D eigenvalue weighted by atomic mass is 10.3. The van der Waals surface area contributed by atoms with E-state index in [0.29, 0.717) is 6.54 Å². The highest BCUT2D eigenvalue weighted by Gasteiger charge is 2.17. The predicted molar refractivity (Wildman–Crippen MR) is 51.7 cm³/mol. The molecule has 0 aromatic carbocycles. The molecule has 1 rings (SSSR count). The second-order valence-corrected chi connectivity index (χ2v) is 3.99. The first-order valence-corrected chi connectivity index (χ1v) is 4.84. The summed E-state index contributed by atoms with van der Waals surface area (Å²) in [4.78, 5) is 10.00. The van der Waals surface area contributed by atoms with Crippen molar-refractivity contribution in [1.29, 1.82) is 0 Å². The van der Waals surface area contributed by atoms with Gasteiger partial charge < -0.3 is 5.11 Å². The molecule has 0 radical (unpaired) electrons. The van der Waals surface area contributed by atoms with Gasteiger partial charge in [0.25, 0.3) is 0 Å². The SMILES string of the molecule is Cc1ccc[n+](CC(Br)C(=O)O)c1. The molecule has 1 aromatic heterocycles. The van der Waals surface area contributed by atoms with Gasteiger partial charge in [-0.3, -0.25) is 4.79 Å². The Morgan fingerprint density at radius 2 is 2.46 bits per heavy atom. The van der Waals surface area contributed by atoms with Crippen molar-refractivity contribution in [3.63, 3.8) is 0 Å². The van der Waals surface area contributed by atoms with E-state index in [1.807, 2.05) is 36.0 Å². The van der Waals surface area contributed by atoms with Gasteiger partial charge in [-0.25, -0.2) is 4.57 Å². The molecule has 0 amide bonds.